The molecule has 0 unspecified atom stereocenters. The van der Waals surface area contributed by atoms with E-state index in [-0.39, 0.29) is 5.41 Å². The fourth-order valence-electron chi connectivity index (χ4n) is 1.82. The molecule has 2 aromatic heterocycles. The van der Waals surface area contributed by atoms with E-state index in [9.17, 15) is 0 Å². The zero-order valence-electron chi connectivity index (χ0n) is 9.49. The Hall–Kier alpha value is -1.35. The Morgan fingerprint density at radius 2 is 2.07 bits per heavy atom. The summed E-state index contributed by atoms with van der Waals surface area (Å²) in [6.45, 7) is 7.12. The highest BCUT2D eigenvalue weighted by atomic mass is 15.0. The van der Waals surface area contributed by atoms with Crippen molar-refractivity contribution in [2.24, 2.45) is 5.73 Å². The molecule has 0 bridgehead atoms. The Labute approximate surface area is 89.9 Å². The van der Waals surface area contributed by atoms with Crippen molar-refractivity contribution in [1.82, 2.24) is 9.38 Å². The lowest BCUT2D eigenvalue weighted by Crippen LogP contribution is -2.15. The fraction of sp³-hybridized carbons (Fsp3) is 0.417. The number of fused-ring (bicyclic) bond motifs is 1. The number of nitrogens with two attached hydrogens (primary N) is 1. The third-order valence-corrected chi connectivity index (χ3v) is 2.65. The lowest BCUT2D eigenvalue weighted by atomic mass is 9.87. The summed E-state index contributed by atoms with van der Waals surface area (Å²) in [5.41, 5.74) is 9.16. The van der Waals surface area contributed by atoms with Gasteiger partial charge in [-0.3, -0.25) is 0 Å². The summed E-state index contributed by atoms with van der Waals surface area (Å²) < 4.78 is 2.07. The van der Waals surface area contributed by atoms with Crippen molar-refractivity contribution in [2.45, 2.75) is 32.7 Å². The van der Waals surface area contributed by atoms with E-state index in [2.05, 4.69) is 42.3 Å². The molecule has 2 N–H and O–H groups in total. The zero-order chi connectivity index (χ0) is 11.1. The summed E-state index contributed by atoms with van der Waals surface area (Å²) in [7, 11) is 0. The van der Waals surface area contributed by atoms with E-state index in [0.717, 1.165) is 11.3 Å². The Balaban J connectivity index is 2.74. The van der Waals surface area contributed by atoms with Crippen LogP contribution in [0.3, 0.4) is 0 Å². The van der Waals surface area contributed by atoms with E-state index in [4.69, 9.17) is 5.73 Å². The molecule has 0 spiro atoms. The van der Waals surface area contributed by atoms with Crippen LogP contribution in [-0.2, 0) is 12.0 Å². The molecule has 0 saturated heterocycles. The van der Waals surface area contributed by atoms with Crippen LogP contribution >= 0.6 is 0 Å². The molecule has 2 aromatic rings. The van der Waals surface area contributed by atoms with Gasteiger partial charge in [0.15, 0.2) is 0 Å². The first-order chi connectivity index (χ1) is 7.04. The molecule has 2 rings (SSSR count). The lowest BCUT2D eigenvalue weighted by Gasteiger charge is -2.20. The molecule has 0 fully saturated rings. The van der Waals surface area contributed by atoms with Gasteiger partial charge in [0.25, 0.3) is 0 Å². The third-order valence-electron chi connectivity index (χ3n) is 2.65. The molecule has 0 radical (unpaired) electrons. The Morgan fingerprint density at radius 1 is 1.33 bits per heavy atom. The van der Waals surface area contributed by atoms with Crippen LogP contribution in [0.15, 0.2) is 24.5 Å². The van der Waals surface area contributed by atoms with Crippen LogP contribution in [-0.4, -0.2) is 9.38 Å². The predicted octanol–water partition coefficient (Wildman–Crippen LogP) is 2.09. The van der Waals surface area contributed by atoms with Crippen molar-refractivity contribution >= 4 is 5.65 Å². The maximum Gasteiger partial charge on any atom is 0.140 e. The van der Waals surface area contributed by atoms with Crippen LogP contribution in [0.2, 0.25) is 0 Å². The van der Waals surface area contributed by atoms with Gasteiger partial charge in [-0.05, 0) is 11.5 Å². The molecule has 80 valence electrons. The molecule has 0 aliphatic rings. The minimum atomic E-state index is 0.111. The molecule has 0 atom stereocenters. The summed E-state index contributed by atoms with van der Waals surface area (Å²) in [4.78, 5) is 4.40. The maximum absolute atomic E-state index is 5.69. The second kappa shape index (κ2) is 3.35. The molecule has 0 amide bonds. The smallest absolute Gasteiger partial charge is 0.140 e. The van der Waals surface area contributed by atoms with Crippen LogP contribution in [0, 0.1) is 0 Å². The number of pyridine rings is 1. The highest BCUT2D eigenvalue weighted by Crippen LogP contribution is 2.26. The van der Waals surface area contributed by atoms with E-state index in [1.807, 2.05) is 12.4 Å². The van der Waals surface area contributed by atoms with Gasteiger partial charge in [-0.25, -0.2) is 4.98 Å². The predicted molar refractivity (Wildman–Crippen MR) is 61.8 cm³/mol. The van der Waals surface area contributed by atoms with Crippen LogP contribution in [0.5, 0.6) is 0 Å². The van der Waals surface area contributed by atoms with Gasteiger partial charge in [-0.15, -0.1) is 0 Å². The van der Waals surface area contributed by atoms with Crippen molar-refractivity contribution in [3.05, 3.63) is 35.8 Å². The van der Waals surface area contributed by atoms with Gasteiger partial charge < -0.3 is 10.1 Å². The van der Waals surface area contributed by atoms with E-state index in [1.165, 1.54) is 5.56 Å². The molecule has 3 nitrogen and oxygen atoms in total. The topological polar surface area (TPSA) is 43.3 Å². The van der Waals surface area contributed by atoms with Crippen LogP contribution < -0.4 is 5.73 Å². The van der Waals surface area contributed by atoms with Crippen LogP contribution in [0.4, 0.5) is 0 Å². The van der Waals surface area contributed by atoms with Gasteiger partial charge in [0.2, 0.25) is 0 Å². The SMILES string of the molecule is CC(C)(C)c1ccc(CN)n2ccnc12. The molecule has 15 heavy (non-hydrogen) atoms. The number of hydrogen-bond donors (Lipinski definition) is 1. The van der Waals surface area contributed by atoms with Crippen LogP contribution in [0.1, 0.15) is 32.0 Å². The lowest BCUT2D eigenvalue weighted by molar-refractivity contribution is 0.591. The first kappa shape index (κ1) is 10.2. The highest BCUT2D eigenvalue weighted by molar-refractivity contribution is 5.52. The Bertz CT molecular complexity index is 477. The van der Waals surface area contributed by atoms with Crippen LogP contribution in [0.25, 0.3) is 5.65 Å². The molecule has 0 aliphatic heterocycles. The molecular formula is C12H17N3. The average Bonchev–Trinajstić information content (AvgIpc) is 2.62. The minimum absolute atomic E-state index is 0.111. The number of hydrogen-bond acceptors (Lipinski definition) is 2. The Kier molecular flexibility index (Phi) is 2.27. The minimum Gasteiger partial charge on any atom is -0.325 e. The molecule has 0 aromatic carbocycles. The normalized spacial score (nSPS) is 12.3. The number of aromatic nitrogens is 2. The second-order valence-electron chi connectivity index (χ2n) is 4.81. The maximum atomic E-state index is 5.69. The van der Waals surface area contributed by atoms with Gasteiger partial charge in [-0.2, -0.15) is 0 Å². The monoisotopic (exact) mass is 203 g/mol. The van der Waals surface area contributed by atoms with Gasteiger partial charge in [0, 0.05) is 30.2 Å². The van der Waals surface area contributed by atoms with E-state index < -0.39 is 0 Å². The molecule has 2 heterocycles. The first-order valence-corrected chi connectivity index (χ1v) is 5.19. The van der Waals surface area contributed by atoms with Gasteiger partial charge in [0.05, 0.1) is 0 Å². The molecule has 0 saturated carbocycles. The number of imidazole rings is 1. The van der Waals surface area contributed by atoms with Gasteiger partial charge >= 0.3 is 0 Å². The molecule has 0 aliphatic carbocycles. The van der Waals surface area contributed by atoms with E-state index >= 15 is 0 Å². The Morgan fingerprint density at radius 3 is 2.67 bits per heavy atom. The van der Waals surface area contributed by atoms with Crippen molar-refractivity contribution in [1.29, 1.82) is 0 Å². The van der Waals surface area contributed by atoms with E-state index in [1.54, 1.807) is 0 Å². The number of rotatable bonds is 1. The standard InChI is InChI=1S/C12H17N3/c1-12(2,3)10-5-4-9(8-13)15-7-6-14-11(10)15/h4-7H,8,13H2,1-3H3. The zero-order valence-corrected chi connectivity index (χ0v) is 9.49. The summed E-state index contributed by atoms with van der Waals surface area (Å²) in [5, 5.41) is 0. The molecular weight excluding hydrogens is 186 g/mol. The first-order valence-electron chi connectivity index (χ1n) is 5.19. The van der Waals surface area contributed by atoms with Crippen molar-refractivity contribution < 1.29 is 0 Å². The third kappa shape index (κ3) is 1.63. The van der Waals surface area contributed by atoms with E-state index in [0.29, 0.717) is 6.54 Å². The molecule has 3 heteroatoms. The van der Waals surface area contributed by atoms with Crippen molar-refractivity contribution in [3.8, 4) is 0 Å². The van der Waals surface area contributed by atoms with Gasteiger partial charge in [0.1, 0.15) is 5.65 Å². The van der Waals surface area contributed by atoms with Crippen molar-refractivity contribution in [2.75, 3.05) is 0 Å². The number of nitrogens with zero attached hydrogens (tertiary/aromatic N) is 2. The second-order valence-corrected chi connectivity index (χ2v) is 4.81. The van der Waals surface area contributed by atoms with Gasteiger partial charge in [-0.1, -0.05) is 26.8 Å². The fourth-order valence-corrected chi connectivity index (χ4v) is 1.82. The summed E-state index contributed by atoms with van der Waals surface area (Å²) in [5.74, 6) is 0. The van der Waals surface area contributed by atoms with Crippen molar-refractivity contribution in [3.63, 3.8) is 0 Å². The summed E-state index contributed by atoms with van der Waals surface area (Å²) in [6.07, 6.45) is 3.79. The highest BCUT2D eigenvalue weighted by Gasteiger charge is 2.18. The largest absolute Gasteiger partial charge is 0.325 e. The summed E-state index contributed by atoms with van der Waals surface area (Å²) in [6, 6.07) is 4.21. The summed E-state index contributed by atoms with van der Waals surface area (Å²) >= 11 is 0. The average molecular weight is 203 g/mol. The quantitative estimate of drug-likeness (QED) is 0.771.